The number of hydrogen-bond donors (Lipinski definition) is 3. The topological polar surface area (TPSA) is 95.2 Å². The lowest BCUT2D eigenvalue weighted by molar-refractivity contribution is -0.156. The zero-order valence-corrected chi connectivity index (χ0v) is 26.4. The average Bonchev–Trinajstić information content (AvgIpc) is 3.67. The first-order valence-corrected chi connectivity index (χ1v) is 15.2. The fourth-order valence-corrected chi connectivity index (χ4v) is 5.45. The number of halogens is 5. The fraction of sp³-hybridized carbons (Fsp3) is 0.189. The molecule has 7 rings (SSSR count). The monoisotopic (exact) mass is 698 g/mol. The number of aromatic amines is 2. The Bertz CT molecular complexity index is 1920. The summed E-state index contributed by atoms with van der Waals surface area (Å²) in [5.41, 5.74) is 7.76. The van der Waals surface area contributed by atoms with Crippen LogP contribution in [0.25, 0.3) is 21.8 Å². The number of rotatable bonds is 4. The van der Waals surface area contributed by atoms with Gasteiger partial charge in [0.25, 0.3) is 0 Å². The summed E-state index contributed by atoms with van der Waals surface area (Å²) in [4.78, 5) is 25.5. The van der Waals surface area contributed by atoms with Crippen LogP contribution in [0.2, 0.25) is 10.0 Å². The van der Waals surface area contributed by atoms with Gasteiger partial charge < -0.3 is 19.8 Å². The maximum Gasteiger partial charge on any atom is 0.446 e. The third-order valence-electron chi connectivity index (χ3n) is 7.07. The molecule has 0 saturated carbocycles. The highest BCUT2D eigenvalue weighted by molar-refractivity contribution is 6.31. The van der Waals surface area contributed by atoms with Crippen LogP contribution in [0.15, 0.2) is 103 Å². The molecule has 0 spiro atoms. The van der Waals surface area contributed by atoms with E-state index in [0.717, 1.165) is 41.8 Å². The van der Waals surface area contributed by atoms with E-state index in [1.165, 1.54) is 33.1 Å². The van der Waals surface area contributed by atoms with E-state index in [4.69, 9.17) is 37.8 Å². The van der Waals surface area contributed by atoms with Gasteiger partial charge in [-0.25, -0.2) is 0 Å². The number of benzene rings is 4. The standard InChI is InChI=1S/C17H14ClNO.C10H11NO.C7H5ClO.C2HF3O.CH4/c18-12-5-3-4-11(10-12)17-16-14(8-9-20-17)13-6-1-2-7-15(13)19-16;12-6-5-8-7-11-10-4-2-1-3-9(8)10;8-7-3-1-2-6(4-7)5-9;3-2(4,5)1-6;/h1-7,10,17,19H,8-9H2;1-4,7,11-12H,5-6H2;1-5H;1H;1H4. The minimum Gasteiger partial charge on any atom is -0.396 e. The number of hydrogen-bond acceptors (Lipinski definition) is 4. The van der Waals surface area contributed by atoms with E-state index in [2.05, 4.69) is 46.4 Å². The Morgan fingerprint density at radius 1 is 0.854 bits per heavy atom. The third kappa shape index (κ3) is 10.6. The molecule has 0 aliphatic carbocycles. The van der Waals surface area contributed by atoms with Crippen molar-refractivity contribution in [2.75, 3.05) is 13.2 Å². The molecule has 3 N–H and O–H groups in total. The predicted octanol–water partition coefficient (Wildman–Crippen LogP) is 9.72. The lowest BCUT2D eigenvalue weighted by Crippen LogP contribution is -2.16. The molecule has 3 heterocycles. The maximum absolute atomic E-state index is 10.4. The molecule has 2 aromatic heterocycles. The van der Waals surface area contributed by atoms with Gasteiger partial charge in [0, 0.05) is 50.2 Å². The van der Waals surface area contributed by atoms with E-state index in [1.807, 2.05) is 42.6 Å². The zero-order chi connectivity index (χ0) is 33.8. The second-order valence-electron chi connectivity index (χ2n) is 10.3. The Labute approximate surface area is 286 Å². The predicted molar refractivity (Wildman–Crippen MR) is 186 cm³/mol. The van der Waals surface area contributed by atoms with Gasteiger partial charge in [-0.15, -0.1) is 0 Å². The van der Waals surface area contributed by atoms with Crippen molar-refractivity contribution in [1.29, 1.82) is 0 Å². The highest BCUT2D eigenvalue weighted by Gasteiger charge is 2.26. The molecule has 6 nitrogen and oxygen atoms in total. The first-order valence-electron chi connectivity index (χ1n) is 14.5. The summed E-state index contributed by atoms with van der Waals surface area (Å²) < 4.78 is 37.2. The molecule has 252 valence electrons. The van der Waals surface area contributed by atoms with Gasteiger partial charge in [-0.1, -0.05) is 91.3 Å². The van der Waals surface area contributed by atoms with Gasteiger partial charge in [0.2, 0.25) is 6.29 Å². The van der Waals surface area contributed by atoms with Crippen molar-refractivity contribution < 1.29 is 32.6 Å². The summed E-state index contributed by atoms with van der Waals surface area (Å²) in [6.07, 6.45) is -1.34. The number of aliphatic hydroxyl groups excluding tert-OH is 1. The third-order valence-corrected chi connectivity index (χ3v) is 7.54. The molecule has 6 aromatic rings. The number of alkyl halides is 3. The van der Waals surface area contributed by atoms with E-state index < -0.39 is 12.5 Å². The molecule has 0 fully saturated rings. The summed E-state index contributed by atoms with van der Waals surface area (Å²) in [6, 6.07) is 31.2. The van der Waals surface area contributed by atoms with Gasteiger partial charge in [0.05, 0.1) is 12.3 Å². The second kappa shape index (κ2) is 18.2. The number of aliphatic hydroxyl groups is 1. The van der Waals surface area contributed by atoms with Crippen LogP contribution in [-0.4, -0.2) is 47.0 Å². The van der Waals surface area contributed by atoms with Crippen molar-refractivity contribution in [2.45, 2.75) is 32.5 Å². The molecule has 1 atom stereocenters. The van der Waals surface area contributed by atoms with Crippen LogP contribution >= 0.6 is 23.2 Å². The summed E-state index contributed by atoms with van der Waals surface area (Å²) >= 11 is 11.7. The fourth-order valence-electron chi connectivity index (χ4n) is 5.05. The minimum atomic E-state index is -4.64. The molecular weight excluding hydrogens is 664 g/mol. The van der Waals surface area contributed by atoms with E-state index in [0.29, 0.717) is 10.6 Å². The Kier molecular flexibility index (Phi) is 14.4. The van der Waals surface area contributed by atoms with Crippen LogP contribution in [0.1, 0.15) is 46.3 Å². The second-order valence-corrected chi connectivity index (χ2v) is 11.2. The summed E-state index contributed by atoms with van der Waals surface area (Å²) in [7, 11) is 0. The number of carbonyl (C=O) groups excluding carboxylic acids is 2. The Morgan fingerprint density at radius 2 is 1.48 bits per heavy atom. The van der Waals surface area contributed by atoms with Gasteiger partial charge in [0.15, 0.2) is 0 Å². The van der Waals surface area contributed by atoms with Crippen LogP contribution in [-0.2, 0) is 22.4 Å². The van der Waals surface area contributed by atoms with Gasteiger partial charge in [0.1, 0.15) is 12.4 Å². The zero-order valence-electron chi connectivity index (χ0n) is 24.9. The summed E-state index contributed by atoms with van der Waals surface area (Å²) in [6.45, 7) is 0.952. The number of nitrogens with one attached hydrogen (secondary N) is 2. The molecule has 0 saturated heterocycles. The molecule has 48 heavy (non-hydrogen) atoms. The first-order chi connectivity index (χ1) is 22.6. The summed E-state index contributed by atoms with van der Waals surface area (Å²) in [5, 5.41) is 12.6. The van der Waals surface area contributed by atoms with E-state index in [1.54, 1.807) is 24.3 Å². The van der Waals surface area contributed by atoms with Gasteiger partial charge >= 0.3 is 6.18 Å². The normalized spacial score (nSPS) is 13.3. The van der Waals surface area contributed by atoms with Crippen LogP contribution in [0, 0.1) is 0 Å². The smallest absolute Gasteiger partial charge is 0.396 e. The molecule has 11 heteroatoms. The first kappa shape index (κ1) is 38.0. The van der Waals surface area contributed by atoms with E-state index in [9.17, 15) is 18.0 Å². The molecular formula is C37H35Cl2F3N2O4. The molecule has 0 bridgehead atoms. The number of ether oxygens (including phenoxy) is 1. The minimum absolute atomic E-state index is 0. The van der Waals surface area contributed by atoms with Crippen molar-refractivity contribution in [2.24, 2.45) is 0 Å². The highest BCUT2D eigenvalue weighted by Crippen LogP contribution is 2.37. The van der Waals surface area contributed by atoms with Crippen LogP contribution in [0.5, 0.6) is 0 Å². The molecule has 1 aliphatic rings. The average molecular weight is 700 g/mol. The lowest BCUT2D eigenvalue weighted by Gasteiger charge is -2.24. The Morgan fingerprint density at radius 3 is 2.08 bits per heavy atom. The van der Waals surface area contributed by atoms with Gasteiger partial charge in [-0.2, -0.15) is 13.2 Å². The van der Waals surface area contributed by atoms with Gasteiger partial charge in [-0.3, -0.25) is 9.59 Å². The molecule has 1 aliphatic heterocycles. The van der Waals surface area contributed by atoms with E-state index >= 15 is 0 Å². The number of aromatic nitrogens is 2. The number of carbonyl (C=O) groups is 2. The Balaban J connectivity index is 0.000000192. The number of para-hydroxylation sites is 2. The lowest BCUT2D eigenvalue weighted by atomic mass is 9.98. The largest absolute Gasteiger partial charge is 0.446 e. The van der Waals surface area contributed by atoms with Crippen molar-refractivity contribution >= 4 is 57.6 Å². The number of fused-ring (bicyclic) bond motifs is 4. The molecule has 4 aromatic carbocycles. The SMILES string of the molecule is C.Clc1cccc(C2OCCc3c2[nH]c2ccccc32)c1.O=CC(F)(F)F.O=Cc1cccc(Cl)c1.OCCc1c[nH]c2ccccc12. The molecule has 1 unspecified atom stereocenters. The summed E-state index contributed by atoms with van der Waals surface area (Å²) in [5.74, 6) is 0. The maximum atomic E-state index is 10.4. The van der Waals surface area contributed by atoms with Crippen LogP contribution in [0.3, 0.4) is 0 Å². The van der Waals surface area contributed by atoms with Crippen molar-refractivity contribution in [1.82, 2.24) is 9.97 Å². The quantitative estimate of drug-likeness (QED) is 0.160. The van der Waals surface area contributed by atoms with Crippen molar-refractivity contribution in [3.63, 3.8) is 0 Å². The molecule has 0 radical (unpaired) electrons. The Hall–Kier alpha value is -4.41. The van der Waals surface area contributed by atoms with Crippen molar-refractivity contribution in [3.05, 3.63) is 141 Å². The molecule has 0 amide bonds. The van der Waals surface area contributed by atoms with E-state index in [-0.39, 0.29) is 20.1 Å². The number of H-pyrrole nitrogens is 2. The van der Waals surface area contributed by atoms with Gasteiger partial charge in [-0.05, 0) is 65.9 Å². The number of aldehydes is 2. The highest BCUT2D eigenvalue weighted by atomic mass is 35.5. The van der Waals surface area contributed by atoms with Crippen LogP contribution < -0.4 is 0 Å². The van der Waals surface area contributed by atoms with Crippen molar-refractivity contribution in [3.8, 4) is 0 Å². The van der Waals surface area contributed by atoms with Crippen LogP contribution in [0.4, 0.5) is 13.2 Å².